The zero-order valence-corrected chi connectivity index (χ0v) is 12.9. The topological polar surface area (TPSA) is 66.1 Å². The SMILES string of the molecule is c1nc(Nc2cc[nH]c2)c2cc(CN3CCOCC3)sc2n1. The van der Waals surface area contributed by atoms with E-state index in [0.717, 1.165) is 54.6 Å². The second-order valence-electron chi connectivity index (χ2n) is 5.27. The maximum Gasteiger partial charge on any atom is 0.142 e. The molecule has 4 heterocycles. The number of hydrogen-bond acceptors (Lipinski definition) is 6. The average Bonchev–Trinajstić information content (AvgIpc) is 3.18. The summed E-state index contributed by atoms with van der Waals surface area (Å²) in [4.78, 5) is 16.6. The maximum absolute atomic E-state index is 5.40. The van der Waals surface area contributed by atoms with E-state index in [1.54, 1.807) is 17.7 Å². The number of nitrogens with zero attached hydrogens (tertiary/aromatic N) is 3. The third-order valence-electron chi connectivity index (χ3n) is 3.72. The van der Waals surface area contributed by atoms with E-state index in [0.29, 0.717) is 0 Å². The van der Waals surface area contributed by atoms with Gasteiger partial charge in [-0.3, -0.25) is 4.90 Å². The van der Waals surface area contributed by atoms with Crippen molar-refractivity contribution in [1.82, 2.24) is 19.9 Å². The van der Waals surface area contributed by atoms with E-state index in [1.807, 2.05) is 18.5 Å². The van der Waals surface area contributed by atoms with E-state index in [1.165, 1.54) is 4.88 Å². The molecule has 1 aliphatic heterocycles. The van der Waals surface area contributed by atoms with Crippen LogP contribution in [0.25, 0.3) is 10.2 Å². The van der Waals surface area contributed by atoms with E-state index in [4.69, 9.17) is 4.74 Å². The Labute approximate surface area is 132 Å². The monoisotopic (exact) mass is 315 g/mol. The van der Waals surface area contributed by atoms with Gasteiger partial charge in [-0.15, -0.1) is 11.3 Å². The number of fused-ring (bicyclic) bond motifs is 1. The quantitative estimate of drug-likeness (QED) is 0.775. The fourth-order valence-electron chi connectivity index (χ4n) is 2.60. The summed E-state index contributed by atoms with van der Waals surface area (Å²) in [5, 5.41) is 4.42. The first kappa shape index (κ1) is 13.7. The molecule has 0 bridgehead atoms. The smallest absolute Gasteiger partial charge is 0.142 e. The summed E-state index contributed by atoms with van der Waals surface area (Å²) in [7, 11) is 0. The lowest BCUT2D eigenvalue weighted by Gasteiger charge is -2.25. The van der Waals surface area contributed by atoms with Gasteiger partial charge in [-0.05, 0) is 12.1 Å². The molecule has 0 amide bonds. The molecule has 1 fully saturated rings. The molecule has 0 atom stereocenters. The number of rotatable bonds is 4. The Kier molecular flexibility index (Phi) is 3.75. The van der Waals surface area contributed by atoms with Crippen LogP contribution in [0, 0.1) is 0 Å². The van der Waals surface area contributed by atoms with Crippen molar-refractivity contribution in [3.8, 4) is 0 Å². The molecular formula is C15H17N5OS. The Morgan fingerprint density at radius 2 is 2.23 bits per heavy atom. The van der Waals surface area contributed by atoms with Gasteiger partial charge in [-0.25, -0.2) is 9.97 Å². The Morgan fingerprint density at radius 3 is 3.05 bits per heavy atom. The van der Waals surface area contributed by atoms with Gasteiger partial charge in [0.25, 0.3) is 0 Å². The van der Waals surface area contributed by atoms with Crippen molar-refractivity contribution >= 4 is 33.1 Å². The molecule has 1 aliphatic rings. The van der Waals surface area contributed by atoms with Crippen molar-refractivity contribution in [2.75, 3.05) is 31.6 Å². The number of aromatic amines is 1. The van der Waals surface area contributed by atoms with Crippen LogP contribution in [0.1, 0.15) is 4.88 Å². The van der Waals surface area contributed by atoms with E-state index in [2.05, 4.69) is 31.2 Å². The zero-order chi connectivity index (χ0) is 14.8. The summed E-state index contributed by atoms with van der Waals surface area (Å²) in [6, 6.07) is 4.18. The van der Waals surface area contributed by atoms with E-state index < -0.39 is 0 Å². The van der Waals surface area contributed by atoms with Gasteiger partial charge in [0, 0.05) is 36.9 Å². The van der Waals surface area contributed by atoms with Crippen molar-refractivity contribution in [2.45, 2.75) is 6.54 Å². The first-order valence-electron chi connectivity index (χ1n) is 7.32. The Morgan fingerprint density at radius 1 is 1.32 bits per heavy atom. The molecule has 0 aromatic carbocycles. The van der Waals surface area contributed by atoms with Crippen molar-refractivity contribution in [3.63, 3.8) is 0 Å². The number of morpholine rings is 1. The molecule has 1 saturated heterocycles. The Bertz CT molecular complexity index is 748. The van der Waals surface area contributed by atoms with Crippen LogP contribution in [0.5, 0.6) is 0 Å². The molecule has 0 spiro atoms. The molecule has 0 unspecified atom stereocenters. The number of anilines is 2. The molecule has 22 heavy (non-hydrogen) atoms. The third-order valence-corrected chi connectivity index (χ3v) is 4.75. The van der Waals surface area contributed by atoms with Gasteiger partial charge in [0.15, 0.2) is 0 Å². The highest BCUT2D eigenvalue weighted by Gasteiger charge is 2.14. The molecule has 7 heteroatoms. The largest absolute Gasteiger partial charge is 0.379 e. The standard InChI is InChI=1S/C15H17N5OS/c1-2-16-8-11(1)19-14-13-7-12(22-15(13)18-10-17-14)9-20-3-5-21-6-4-20/h1-2,7-8,10,16H,3-6,9H2,(H,17,18,19). The first-order valence-corrected chi connectivity index (χ1v) is 8.13. The molecule has 3 aromatic heterocycles. The predicted octanol–water partition coefficient (Wildman–Crippen LogP) is 2.60. The molecule has 0 aliphatic carbocycles. The minimum atomic E-state index is 0.824. The second-order valence-corrected chi connectivity index (χ2v) is 6.38. The second kappa shape index (κ2) is 6.04. The number of thiophene rings is 1. The van der Waals surface area contributed by atoms with Crippen LogP contribution in [-0.4, -0.2) is 46.2 Å². The number of aromatic nitrogens is 3. The van der Waals surface area contributed by atoms with Crippen molar-refractivity contribution in [2.24, 2.45) is 0 Å². The molecule has 0 radical (unpaired) electrons. The van der Waals surface area contributed by atoms with Crippen LogP contribution in [0.4, 0.5) is 11.5 Å². The summed E-state index contributed by atoms with van der Waals surface area (Å²) in [6.07, 6.45) is 5.42. The molecule has 4 rings (SSSR count). The van der Waals surface area contributed by atoms with Gasteiger partial charge in [-0.2, -0.15) is 0 Å². The summed E-state index contributed by atoms with van der Waals surface area (Å²) >= 11 is 1.74. The van der Waals surface area contributed by atoms with Crippen LogP contribution in [0.2, 0.25) is 0 Å². The summed E-state index contributed by atoms with van der Waals surface area (Å²) < 4.78 is 5.40. The average molecular weight is 315 g/mol. The molecule has 3 aromatic rings. The molecule has 6 nitrogen and oxygen atoms in total. The van der Waals surface area contributed by atoms with Gasteiger partial charge >= 0.3 is 0 Å². The predicted molar refractivity (Wildman–Crippen MR) is 87.6 cm³/mol. The van der Waals surface area contributed by atoms with Gasteiger partial charge < -0.3 is 15.0 Å². The molecule has 0 saturated carbocycles. The molecule has 2 N–H and O–H groups in total. The maximum atomic E-state index is 5.40. The van der Waals surface area contributed by atoms with E-state index >= 15 is 0 Å². The Hall–Kier alpha value is -1.96. The van der Waals surface area contributed by atoms with Gasteiger partial charge in [-0.1, -0.05) is 0 Å². The van der Waals surface area contributed by atoms with Gasteiger partial charge in [0.05, 0.1) is 24.3 Å². The van der Waals surface area contributed by atoms with Crippen LogP contribution >= 0.6 is 11.3 Å². The lowest BCUT2D eigenvalue weighted by molar-refractivity contribution is 0.0346. The van der Waals surface area contributed by atoms with Crippen LogP contribution < -0.4 is 5.32 Å². The minimum absolute atomic E-state index is 0.824. The summed E-state index contributed by atoms with van der Waals surface area (Å²) in [6.45, 7) is 4.59. The Balaban J connectivity index is 1.59. The van der Waals surface area contributed by atoms with Crippen molar-refractivity contribution in [1.29, 1.82) is 0 Å². The fourth-order valence-corrected chi connectivity index (χ4v) is 3.64. The number of nitrogens with one attached hydrogen (secondary N) is 2. The normalized spacial score (nSPS) is 16.2. The van der Waals surface area contributed by atoms with Crippen molar-refractivity contribution in [3.05, 3.63) is 35.7 Å². The number of H-pyrrole nitrogens is 1. The summed E-state index contributed by atoms with van der Waals surface area (Å²) in [5.41, 5.74) is 1.00. The van der Waals surface area contributed by atoms with E-state index in [-0.39, 0.29) is 0 Å². The first-order chi connectivity index (χ1) is 10.9. The van der Waals surface area contributed by atoms with E-state index in [9.17, 15) is 0 Å². The highest BCUT2D eigenvalue weighted by Crippen LogP contribution is 2.30. The lowest BCUT2D eigenvalue weighted by Crippen LogP contribution is -2.35. The fraction of sp³-hybridized carbons (Fsp3) is 0.333. The van der Waals surface area contributed by atoms with Gasteiger partial charge in [0.2, 0.25) is 0 Å². The third kappa shape index (κ3) is 2.83. The number of ether oxygens (including phenoxy) is 1. The highest BCUT2D eigenvalue weighted by atomic mass is 32.1. The number of hydrogen-bond donors (Lipinski definition) is 2. The molecular weight excluding hydrogens is 298 g/mol. The lowest BCUT2D eigenvalue weighted by atomic mass is 10.3. The van der Waals surface area contributed by atoms with Crippen LogP contribution in [0.3, 0.4) is 0 Å². The highest BCUT2D eigenvalue weighted by molar-refractivity contribution is 7.18. The van der Waals surface area contributed by atoms with Crippen molar-refractivity contribution < 1.29 is 4.74 Å². The van der Waals surface area contributed by atoms with Crippen LogP contribution in [0.15, 0.2) is 30.9 Å². The summed E-state index contributed by atoms with van der Waals surface area (Å²) in [5.74, 6) is 0.856. The minimum Gasteiger partial charge on any atom is -0.379 e. The van der Waals surface area contributed by atoms with Crippen LogP contribution in [-0.2, 0) is 11.3 Å². The van der Waals surface area contributed by atoms with Gasteiger partial charge in [0.1, 0.15) is 17.0 Å². The zero-order valence-electron chi connectivity index (χ0n) is 12.1. The molecule has 114 valence electrons.